The molecule has 1 amide bonds. The lowest BCUT2D eigenvalue weighted by Gasteiger charge is -2.16. The predicted molar refractivity (Wildman–Crippen MR) is 62.4 cm³/mol. The van der Waals surface area contributed by atoms with E-state index in [9.17, 15) is 4.79 Å². The third-order valence-corrected chi connectivity index (χ3v) is 2.58. The van der Waals surface area contributed by atoms with Crippen LogP contribution in [0.4, 0.5) is 5.13 Å². The van der Waals surface area contributed by atoms with Crippen molar-refractivity contribution in [2.45, 2.75) is 19.6 Å². The Morgan fingerprint density at radius 2 is 2.31 bits per heavy atom. The van der Waals surface area contributed by atoms with Gasteiger partial charge in [-0.15, -0.1) is 0 Å². The van der Waals surface area contributed by atoms with Gasteiger partial charge >= 0.3 is 0 Å². The van der Waals surface area contributed by atoms with Crippen LogP contribution in [0.5, 0.6) is 0 Å². The molecule has 1 aromatic heterocycles. The monoisotopic (exact) mass is 244 g/mol. The number of hydrogen-bond acceptors (Lipinski definition) is 6. The van der Waals surface area contributed by atoms with Crippen molar-refractivity contribution in [2.24, 2.45) is 0 Å². The minimum atomic E-state index is -0.307. The molecule has 0 radical (unpaired) electrons. The molecule has 7 heteroatoms. The molecule has 0 bridgehead atoms. The normalized spacial score (nSPS) is 12.2. The Hall–Kier alpha value is -1.21. The summed E-state index contributed by atoms with van der Waals surface area (Å²) in [5.41, 5.74) is 0. The topological polar surface area (TPSA) is 67.3 Å². The zero-order valence-electron chi connectivity index (χ0n) is 9.85. The van der Waals surface area contributed by atoms with Gasteiger partial charge in [0.1, 0.15) is 12.6 Å². The van der Waals surface area contributed by atoms with Crippen molar-refractivity contribution < 1.29 is 9.53 Å². The van der Waals surface area contributed by atoms with Gasteiger partial charge in [-0.05, 0) is 6.92 Å². The maximum atomic E-state index is 11.6. The summed E-state index contributed by atoms with van der Waals surface area (Å²) >= 11 is 1.22. The molecule has 0 aliphatic carbocycles. The summed E-state index contributed by atoms with van der Waals surface area (Å²) in [7, 11) is 5.03. The Bertz CT molecular complexity index is 353. The quantitative estimate of drug-likeness (QED) is 0.820. The molecule has 1 heterocycles. The van der Waals surface area contributed by atoms with Gasteiger partial charge in [-0.3, -0.25) is 4.79 Å². The van der Waals surface area contributed by atoms with Crippen molar-refractivity contribution in [2.75, 3.05) is 26.5 Å². The summed E-state index contributed by atoms with van der Waals surface area (Å²) in [4.78, 5) is 17.3. The Kier molecular flexibility index (Phi) is 4.63. The molecular weight excluding hydrogens is 228 g/mol. The maximum absolute atomic E-state index is 11.6. The number of hydrogen-bond donors (Lipinski definition) is 1. The molecule has 1 rings (SSSR count). The van der Waals surface area contributed by atoms with E-state index in [-0.39, 0.29) is 11.9 Å². The molecule has 0 spiro atoms. The van der Waals surface area contributed by atoms with E-state index in [2.05, 4.69) is 14.7 Å². The van der Waals surface area contributed by atoms with Crippen LogP contribution in [0.1, 0.15) is 12.7 Å². The van der Waals surface area contributed by atoms with Gasteiger partial charge in [0.25, 0.3) is 0 Å². The highest BCUT2D eigenvalue weighted by molar-refractivity contribution is 7.09. The van der Waals surface area contributed by atoms with Crippen LogP contribution in [0, 0.1) is 0 Å². The fourth-order valence-corrected chi connectivity index (χ4v) is 1.80. The molecule has 0 saturated heterocycles. The third-order valence-electron chi connectivity index (χ3n) is 1.89. The van der Waals surface area contributed by atoms with Crippen molar-refractivity contribution in [1.29, 1.82) is 0 Å². The predicted octanol–water partition coefficient (Wildman–Crippen LogP) is 0.573. The number of aromatic nitrogens is 2. The molecule has 1 atom stereocenters. The molecule has 1 N–H and O–H groups in total. The summed E-state index contributed by atoms with van der Waals surface area (Å²) < 4.78 is 8.99. The fourth-order valence-electron chi connectivity index (χ4n) is 1.13. The molecule has 0 saturated carbocycles. The summed E-state index contributed by atoms with van der Waals surface area (Å²) in [6.45, 7) is 2.17. The second-order valence-electron chi connectivity index (χ2n) is 3.55. The highest BCUT2D eigenvalue weighted by Crippen LogP contribution is 2.13. The lowest BCUT2D eigenvalue weighted by Crippen LogP contribution is -2.36. The van der Waals surface area contributed by atoms with Gasteiger partial charge < -0.3 is 15.0 Å². The van der Waals surface area contributed by atoms with Crippen LogP contribution in [0.3, 0.4) is 0 Å². The van der Waals surface area contributed by atoms with Gasteiger partial charge in [0, 0.05) is 32.7 Å². The van der Waals surface area contributed by atoms with E-state index >= 15 is 0 Å². The van der Waals surface area contributed by atoms with Gasteiger partial charge in [-0.1, -0.05) is 0 Å². The van der Waals surface area contributed by atoms with Crippen LogP contribution in [-0.2, 0) is 16.1 Å². The number of carbonyl (C=O) groups is 1. The van der Waals surface area contributed by atoms with Crippen LogP contribution in [0.25, 0.3) is 0 Å². The van der Waals surface area contributed by atoms with Crippen molar-refractivity contribution in [3.05, 3.63) is 5.82 Å². The van der Waals surface area contributed by atoms with Crippen LogP contribution in [0.15, 0.2) is 0 Å². The second kappa shape index (κ2) is 5.76. The molecule has 0 unspecified atom stereocenters. The summed E-state index contributed by atoms with van der Waals surface area (Å²) in [5.74, 6) is 0.628. The molecule has 1 aromatic rings. The first-order valence-electron chi connectivity index (χ1n) is 4.83. The standard InChI is InChI=1S/C9H16N4O2S/c1-6(8(14)13(2)3)10-9-11-7(5-15-4)12-16-9/h6H,5H2,1-4H3,(H,10,11,12)/t6-/m0/s1. The number of likely N-dealkylation sites (N-methyl/N-ethyl adjacent to an activating group) is 1. The SMILES string of the molecule is COCc1nsc(N[C@@H](C)C(=O)N(C)C)n1. The summed E-state index contributed by atoms with van der Waals surface area (Å²) in [6, 6.07) is -0.307. The lowest BCUT2D eigenvalue weighted by molar-refractivity contribution is -0.129. The van der Waals surface area contributed by atoms with E-state index in [1.807, 2.05) is 0 Å². The van der Waals surface area contributed by atoms with Gasteiger partial charge in [-0.25, -0.2) is 4.98 Å². The van der Waals surface area contributed by atoms with Crippen LogP contribution >= 0.6 is 11.5 Å². The smallest absolute Gasteiger partial charge is 0.244 e. The average Bonchev–Trinajstić information content (AvgIpc) is 2.65. The molecular formula is C9H16N4O2S. The van der Waals surface area contributed by atoms with E-state index in [1.165, 1.54) is 16.4 Å². The highest BCUT2D eigenvalue weighted by atomic mass is 32.1. The first-order valence-corrected chi connectivity index (χ1v) is 5.61. The van der Waals surface area contributed by atoms with Gasteiger partial charge in [0.05, 0.1) is 0 Å². The lowest BCUT2D eigenvalue weighted by atomic mass is 10.3. The number of methoxy groups -OCH3 is 1. The number of carbonyl (C=O) groups excluding carboxylic acids is 1. The second-order valence-corrected chi connectivity index (χ2v) is 4.30. The Morgan fingerprint density at radius 3 is 2.88 bits per heavy atom. The van der Waals surface area contributed by atoms with Crippen molar-refractivity contribution in [1.82, 2.24) is 14.3 Å². The summed E-state index contributed by atoms with van der Waals surface area (Å²) in [5, 5.41) is 3.63. The first-order chi connectivity index (χ1) is 7.54. The van der Waals surface area contributed by atoms with Gasteiger partial charge in [-0.2, -0.15) is 4.37 Å². The Balaban J connectivity index is 2.55. The minimum Gasteiger partial charge on any atom is -0.377 e. The molecule has 16 heavy (non-hydrogen) atoms. The minimum absolute atomic E-state index is 0.00323. The van der Waals surface area contributed by atoms with Crippen LogP contribution in [0.2, 0.25) is 0 Å². The van der Waals surface area contributed by atoms with Crippen molar-refractivity contribution >= 4 is 22.6 Å². The number of rotatable bonds is 5. The van der Waals surface area contributed by atoms with E-state index in [0.717, 1.165) is 0 Å². The number of nitrogens with zero attached hydrogens (tertiary/aromatic N) is 3. The Morgan fingerprint density at radius 1 is 1.62 bits per heavy atom. The molecule has 0 fully saturated rings. The van der Waals surface area contributed by atoms with E-state index in [4.69, 9.17) is 4.74 Å². The average molecular weight is 244 g/mol. The molecule has 90 valence electrons. The van der Waals surface area contributed by atoms with Gasteiger partial charge in [0.2, 0.25) is 11.0 Å². The summed E-state index contributed by atoms with van der Waals surface area (Å²) in [6.07, 6.45) is 0. The number of ether oxygens (including phenoxy) is 1. The van der Waals surface area contributed by atoms with Crippen molar-refractivity contribution in [3.63, 3.8) is 0 Å². The fraction of sp³-hybridized carbons (Fsp3) is 0.667. The third kappa shape index (κ3) is 3.42. The first kappa shape index (κ1) is 12.9. The number of anilines is 1. The molecule has 0 aliphatic heterocycles. The maximum Gasteiger partial charge on any atom is 0.244 e. The van der Waals surface area contributed by atoms with E-state index < -0.39 is 0 Å². The van der Waals surface area contributed by atoms with Gasteiger partial charge in [0.15, 0.2) is 5.82 Å². The highest BCUT2D eigenvalue weighted by Gasteiger charge is 2.16. The molecule has 0 aliphatic rings. The van der Waals surface area contributed by atoms with Crippen LogP contribution in [-0.4, -0.2) is 47.4 Å². The zero-order chi connectivity index (χ0) is 12.1. The van der Waals surface area contributed by atoms with Crippen molar-refractivity contribution in [3.8, 4) is 0 Å². The zero-order valence-corrected chi connectivity index (χ0v) is 10.7. The number of nitrogens with one attached hydrogen (secondary N) is 1. The Labute approximate surface area is 98.8 Å². The number of amides is 1. The van der Waals surface area contributed by atoms with Crippen LogP contribution < -0.4 is 5.32 Å². The van der Waals surface area contributed by atoms with E-state index in [0.29, 0.717) is 17.6 Å². The van der Waals surface area contributed by atoms with E-state index in [1.54, 1.807) is 28.1 Å². The molecule has 0 aromatic carbocycles. The molecule has 6 nitrogen and oxygen atoms in total. The largest absolute Gasteiger partial charge is 0.377 e.